The number of pyridine rings is 1. The number of nitrogens with two attached hydrogens (primary N) is 1. The van der Waals surface area contributed by atoms with E-state index in [9.17, 15) is 4.79 Å². The number of carbonyl (C=O) groups excluding carboxylic acids is 1. The SMILES string of the molecule is CN1C[C@H](CN=C(N)NC(=O)c2cccnc2)CC2c3cccc4c3c(cn4C)C[C@H]21. The summed E-state index contributed by atoms with van der Waals surface area (Å²) in [5, 5.41) is 4.10. The standard InChI is InChI=1S/C24H28N6O/c1-29-13-15(11-27-24(25)28-23(31)16-5-4-8-26-12-16)9-19-18-6-3-7-20-22(18)17(10-21(19)29)14-30(20)2/h3-8,12,14-15,19,21H,9-11,13H2,1-2H3,(H3,25,27,28,31)/t15-,19?,21+/m0/s1. The summed E-state index contributed by atoms with van der Waals surface area (Å²) in [5.74, 6) is 0.754. The van der Waals surface area contributed by atoms with Crippen molar-refractivity contribution in [2.24, 2.45) is 23.7 Å². The second-order valence-electron chi connectivity index (χ2n) is 8.85. The molecule has 2 aliphatic rings. The van der Waals surface area contributed by atoms with E-state index < -0.39 is 0 Å². The van der Waals surface area contributed by atoms with Gasteiger partial charge in [0, 0.05) is 61.6 Å². The summed E-state index contributed by atoms with van der Waals surface area (Å²) in [6, 6.07) is 10.6. The zero-order chi connectivity index (χ0) is 21.5. The average Bonchev–Trinajstić information content (AvgIpc) is 3.10. The molecule has 0 saturated carbocycles. The van der Waals surface area contributed by atoms with Crippen molar-refractivity contribution in [1.82, 2.24) is 19.8 Å². The third-order valence-electron chi connectivity index (χ3n) is 6.80. The van der Waals surface area contributed by atoms with E-state index in [1.807, 2.05) is 0 Å². The van der Waals surface area contributed by atoms with Gasteiger partial charge in [-0.15, -0.1) is 0 Å². The van der Waals surface area contributed by atoms with E-state index in [1.165, 1.54) is 28.2 Å². The Balaban J connectivity index is 1.31. The van der Waals surface area contributed by atoms with Crippen LogP contribution in [0.15, 0.2) is 53.9 Å². The summed E-state index contributed by atoms with van der Waals surface area (Å²) in [7, 11) is 4.35. The monoisotopic (exact) mass is 416 g/mol. The van der Waals surface area contributed by atoms with Crippen LogP contribution in [0.4, 0.5) is 0 Å². The number of rotatable bonds is 3. The first kappa shape index (κ1) is 19.8. The molecule has 0 spiro atoms. The maximum Gasteiger partial charge on any atom is 0.259 e. The lowest BCUT2D eigenvalue weighted by Gasteiger charge is -2.45. The highest BCUT2D eigenvalue weighted by atomic mass is 16.1. The van der Waals surface area contributed by atoms with E-state index in [-0.39, 0.29) is 11.9 Å². The van der Waals surface area contributed by atoms with E-state index in [0.29, 0.717) is 30.0 Å². The molecule has 5 rings (SSSR count). The summed E-state index contributed by atoms with van der Waals surface area (Å²) in [6.45, 7) is 1.58. The first-order valence-electron chi connectivity index (χ1n) is 10.8. The molecule has 0 radical (unpaired) electrons. The molecule has 2 aromatic heterocycles. The van der Waals surface area contributed by atoms with Crippen molar-refractivity contribution in [1.29, 1.82) is 0 Å². The average molecular weight is 417 g/mol. The summed E-state index contributed by atoms with van der Waals surface area (Å²) in [6.07, 6.45) is 7.61. The number of likely N-dealkylation sites (N-methyl/N-ethyl adjacent to an activating group) is 1. The molecular weight excluding hydrogens is 388 g/mol. The quantitative estimate of drug-likeness (QED) is 0.506. The molecule has 160 valence electrons. The Hall–Kier alpha value is -3.19. The minimum Gasteiger partial charge on any atom is -0.370 e. The molecule has 1 aliphatic heterocycles. The fraction of sp³-hybridized carbons (Fsp3) is 0.375. The summed E-state index contributed by atoms with van der Waals surface area (Å²) >= 11 is 0. The number of carbonyl (C=O) groups is 1. The molecule has 7 nitrogen and oxygen atoms in total. The fourth-order valence-electron chi connectivity index (χ4n) is 5.42. The summed E-state index contributed by atoms with van der Waals surface area (Å²) in [4.78, 5) is 23.2. The molecule has 3 aromatic rings. The van der Waals surface area contributed by atoms with Crippen LogP contribution >= 0.6 is 0 Å². The van der Waals surface area contributed by atoms with Crippen LogP contribution in [0, 0.1) is 5.92 Å². The van der Waals surface area contributed by atoms with Crippen molar-refractivity contribution < 1.29 is 4.79 Å². The number of benzene rings is 1. The molecule has 7 heteroatoms. The maximum absolute atomic E-state index is 12.2. The number of piperidine rings is 1. The molecule has 0 bridgehead atoms. The van der Waals surface area contributed by atoms with Crippen LogP contribution in [-0.2, 0) is 13.5 Å². The van der Waals surface area contributed by atoms with Gasteiger partial charge in [0.1, 0.15) is 0 Å². The van der Waals surface area contributed by atoms with E-state index in [1.54, 1.807) is 18.3 Å². The number of hydrogen-bond donors (Lipinski definition) is 2. The number of aliphatic imine (C=N–C) groups is 1. The van der Waals surface area contributed by atoms with Crippen molar-refractivity contribution in [2.75, 3.05) is 20.1 Å². The van der Waals surface area contributed by atoms with Crippen molar-refractivity contribution in [3.8, 4) is 0 Å². The topological polar surface area (TPSA) is 88.5 Å². The Kier molecular flexibility index (Phi) is 4.98. The van der Waals surface area contributed by atoms with Crippen molar-refractivity contribution in [2.45, 2.75) is 24.8 Å². The van der Waals surface area contributed by atoms with Gasteiger partial charge >= 0.3 is 0 Å². The Morgan fingerprint density at radius 1 is 1.29 bits per heavy atom. The lowest BCUT2D eigenvalue weighted by atomic mass is 9.72. The molecule has 3 heterocycles. The normalized spacial score (nSPS) is 23.5. The minimum absolute atomic E-state index is 0.162. The van der Waals surface area contributed by atoms with E-state index in [0.717, 1.165) is 19.4 Å². The molecular formula is C24H28N6O. The van der Waals surface area contributed by atoms with E-state index in [2.05, 4.69) is 63.3 Å². The van der Waals surface area contributed by atoms with Crippen LogP contribution < -0.4 is 11.1 Å². The number of aromatic nitrogens is 2. The highest BCUT2D eigenvalue weighted by Crippen LogP contribution is 2.44. The van der Waals surface area contributed by atoms with E-state index in [4.69, 9.17) is 5.73 Å². The van der Waals surface area contributed by atoms with Crippen LogP contribution in [0.25, 0.3) is 10.9 Å². The predicted octanol–water partition coefficient (Wildman–Crippen LogP) is 2.28. The van der Waals surface area contributed by atoms with Crippen LogP contribution in [0.1, 0.15) is 33.8 Å². The van der Waals surface area contributed by atoms with Crippen LogP contribution in [0.2, 0.25) is 0 Å². The first-order valence-corrected chi connectivity index (χ1v) is 10.8. The van der Waals surface area contributed by atoms with Gasteiger partial charge in [0.05, 0.1) is 5.56 Å². The van der Waals surface area contributed by atoms with Crippen LogP contribution in [0.5, 0.6) is 0 Å². The summed E-state index contributed by atoms with van der Waals surface area (Å²) < 4.78 is 2.25. The molecule has 1 aliphatic carbocycles. The van der Waals surface area contributed by atoms with E-state index >= 15 is 0 Å². The molecule has 1 amide bonds. The first-order chi connectivity index (χ1) is 15.0. The van der Waals surface area contributed by atoms with Crippen molar-refractivity contribution in [3.05, 3.63) is 65.6 Å². The van der Waals surface area contributed by atoms with Gasteiger partial charge in [-0.3, -0.25) is 20.1 Å². The molecule has 31 heavy (non-hydrogen) atoms. The Morgan fingerprint density at radius 2 is 2.16 bits per heavy atom. The number of fused-ring (bicyclic) bond motifs is 2. The Bertz CT molecular complexity index is 1150. The van der Waals surface area contributed by atoms with Crippen LogP contribution in [0.3, 0.4) is 0 Å². The number of likely N-dealkylation sites (tertiary alicyclic amines) is 1. The lowest BCUT2D eigenvalue weighted by molar-refractivity contribution is 0.0975. The van der Waals surface area contributed by atoms with Gasteiger partial charge in [-0.1, -0.05) is 12.1 Å². The molecule has 3 N–H and O–H groups in total. The summed E-state index contributed by atoms with van der Waals surface area (Å²) in [5.41, 5.74) is 10.7. The zero-order valence-corrected chi connectivity index (χ0v) is 18.0. The lowest BCUT2D eigenvalue weighted by Crippen LogP contribution is -2.48. The Labute approximate surface area is 182 Å². The minimum atomic E-state index is -0.286. The third kappa shape index (κ3) is 3.59. The number of hydrogen-bond acceptors (Lipinski definition) is 4. The smallest absolute Gasteiger partial charge is 0.259 e. The molecule has 1 saturated heterocycles. The highest BCUT2D eigenvalue weighted by Gasteiger charge is 2.39. The van der Waals surface area contributed by atoms with Crippen molar-refractivity contribution >= 4 is 22.8 Å². The zero-order valence-electron chi connectivity index (χ0n) is 18.0. The fourth-order valence-corrected chi connectivity index (χ4v) is 5.42. The second-order valence-corrected chi connectivity index (χ2v) is 8.85. The number of guanidine groups is 1. The largest absolute Gasteiger partial charge is 0.370 e. The van der Waals surface area contributed by atoms with Gasteiger partial charge in [-0.2, -0.15) is 0 Å². The number of aryl methyl sites for hydroxylation is 1. The maximum atomic E-state index is 12.2. The molecule has 1 aromatic carbocycles. The van der Waals surface area contributed by atoms with Gasteiger partial charge in [0.15, 0.2) is 5.96 Å². The second kappa shape index (κ2) is 7.81. The highest BCUT2D eigenvalue weighted by molar-refractivity contribution is 6.05. The van der Waals surface area contributed by atoms with Gasteiger partial charge in [0.2, 0.25) is 0 Å². The number of nitrogens with one attached hydrogen (secondary N) is 1. The molecule has 1 unspecified atom stereocenters. The molecule has 1 fully saturated rings. The van der Waals surface area contributed by atoms with Crippen LogP contribution in [-0.4, -0.2) is 52.5 Å². The Morgan fingerprint density at radius 3 is 2.97 bits per heavy atom. The van der Waals surface area contributed by atoms with Gasteiger partial charge in [-0.25, -0.2) is 0 Å². The van der Waals surface area contributed by atoms with Gasteiger partial charge in [0.25, 0.3) is 5.91 Å². The third-order valence-corrected chi connectivity index (χ3v) is 6.80. The van der Waals surface area contributed by atoms with Gasteiger partial charge in [-0.05, 0) is 55.1 Å². The predicted molar refractivity (Wildman–Crippen MR) is 122 cm³/mol. The molecule has 3 atom stereocenters. The number of amides is 1. The van der Waals surface area contributed by atoms with Crippen molar-refractivity contribution in [3.63, 3.8) is 0 Å². The van der Waals surface area contributed by atoms with Gasteiger partial charge < -0.3 is 15.2 Å². The number of nitrogens with zero attached hydrogens (tertiary/aromatic N) is 4.